The predicted molar refractivity (Wildman–Crippen MR) is 155 cm³/mol. The first kappa shape index (κ1) is 30.3. The van der Waals surface area contributed by atoms with Crippen LogP contribution in [0.4, 0.5) is 5.69 Å². The fraction of sp³-hybridized carbons (Fsp3) is 0.286. The van der Waals surface area contributed by atoms with Gasteiger partial charge in [-0.3, -0.25) is 13.9 Å². The Bertz CT molecular complexity index is 1400. The molecule has 0 bridgehead atoms. The highest BCUT2D eigenvalue weighted by Gasteiger charge is 2.33. The highest BCUT2D eigenvalue weighted by atomic mass is 35.5. The van der Waals surface area contributed by atoms with Crippen LogP contribution in [0.2, 0.25) is 10.0 Å². The average Bonchev–Trinajstić information content (AvgIpc) is 2.90. The Labute approximate surface area is 239 Å². The third kappa shape index (κ3) is 8.11. The van der Waals surface area contributed by atoms with Gasteiger partial charge < -0.3 is 15.0 Å². The quantitative estimate of drug-likeness (QED) is 0.333. The molecule has 0 heterocycles. The van der Waals surface area contributed by atoms with Crippen molar-refractivity contribution in [3.63, 3.8) is 0 Å². The molecular formula is C28H31Cl2N3O5S. The Morgan fingerprint density at radius 1 is 1.00 bits per heavy atom. The maximum atomic E-state index is 14.0. The molecule has 3 aromatic carbocycles. The van der Waals surface area contributed by atoms with Gasteiger partial charge in [0.2, 0.25) is 21.8 Å². The summed E-state index contributed by atoms with van der Waals surface area (Å²) in [6.45, 7) is 1.53. The van der Waals surface area contributed by atoms with Crippen molar-refractivity contribution in [2.24, 2.45) is 0 Å². The number of nitrogens with one attached hydrogen (secondary N) is 1. The number of hydrogen-bond acceptors (Lipinski definition) is 5. The molecule has 1 N–H and O–H groups in total. The van der Waals surface area contributed by atoms with E-state index < -0.39 is 28.5 Å². The molecule has 208 valence electrons. The number of benzene rings is 3. The minimum absolute atomic E-state index is 0.0486. The Kier molecular flexibility index (Phi) is 10.6. The molecule has 1 atom stereocenters. The summed E-state index contributed by atoms with van der Waals surface area (Å²) in [4.78, 5) is 28.8. The predicted octanol–water partition coefficient (Wildman–Crippen LogP) is 4.54. The van der Waals surface area contributed by atoms with Crippen molar-refractivity contribution in [3.05, 3.63) is 94.0 Å². The lowest BCUT2D eigenvalue weighted by molar-refractivity contribution is -0.140. The van der Waals surface area contributed by atoms with Crippen molar-refractivity contribution in [1.82, 2.24) is 10.2 Å². The number of amides is 2. The second-order valence-electron chi connectivity index (χ2n) is 8.80. The zero-order valence-electron chi connectivity index (χ0n) is 21.9. The molecule has 0 aromatic heterocycles. The van der Waals surface area contributed by atoms with Crippen LogP contribution in [0, 0.1) is 0 Å². The molecule has 0 saturated heterocycles. The van der Waals surface area contributed by atoms with Crippen molar-refractivity contribution >= 4 is 50.7 Å². The standard InChI is InChI=1S/C28H31Cl2N3O5S/c1-4-31-28(35)25(16-20-10-6-5-7-11-20)32(18-21-14-15-22(29)17-23(21)30)27(34)19-33(39(3,36)37)24-12-8-9-13-26(24)38-2/h5-15,17,25H,4,16,18-19H2,1-3H3,(H,31,35). The topological polar surface area (TPSA) is 96.0 Å². The van der Waals surface area contributed by atoms with Gasteiger partial charge in [0, 0.05) is 29.6 Å². The molecule has 0 spiro atoms. The fourth-order valence-corrected chi connectivity index (χ4v) is 5.43. The SMILES string of the molecule is CCNC(=O)C(Cc1ccccc1)N(Cc1ccc(Cl)cc1Cl)C(=O)CN(c1ccccc1OC)S(C)(=O)=O. The Morgan fingerprint density at radius 3 is 2.28 bits per heavy atom. The van der Waals surface area contributed by atoms with Crippen LogP contribution in [0.25, 0.3) is 0 Å². The van der Waals surface area contributed by atoms with Gasteiger partial charge in [-0.05, 0) is 42.3 Å². The van der Waals surface area contributed by atoms with Crippen molar-refractivity contribution in [2.75, 3.05) is 30.8 Å². The van der Waals surface area contributed by atoms with Crippen LogP contribution < -0.4 is 14.4 Å². The smallest absolute Gasteiger partial charge is 0.244 e. The fourth-order valence-electron chi connectivity index (χ4n) is 4.11. The lowest BCUT2D eigenvalue weighted by Gasteiger charge is -2.33. The highest BCUT2D eigenvalue weighted by Crippen LogP contribution is 2.30. The first-order valence-electron chi connectivity index (χ1n) is 12.2. The van der Waals surface area contributed by atoms with Gasteiger partial charge >= 0.3 is 0 Å². The number of carbonyl (C=O) groups is 2. The van der Waals surface area contributed by atoms with Crippen molar-refractivity contribution in [1.29, 1.82) is 0 Å². The molecular weight excluding hydrogens is 561 g/mol. The van der Waals surface area contributed by atoms with E-state index in [9.17, 15) is 18.0 Å². The molecule has 11 heteroatoms. The number of nitrogens with zero attached hydrogens (tertiary/aromatic N) is 2. The molecule has 0 aliphatic rings. The van der Waals surface area contributed by atoms with E-state index in [1.807, 2.05) is 30.3 Å². The van der Waals surface area contributed by atoms with Crippen LogP contribution in [0.3, 0.4) is 0 Å². The molecule has 0 aliphatic carbocycles. The zero-order valence-corrected chi connectivity index (χ0v) is 24.3. The summed E-state index contributed by atoms with van der Waals surface area (Å²) in [5.41, 5.74) is 1.59. The van der Waals surface area contributed by atoms with Crippen molar-refractivity contribution in [2.45, 2.75) is 25.9 Å². The third-order valence-corrected chi connectivity index (χ3v) is 7.72. The van der Waals surface area contributed by atoms with E-state index in [1.54, 1.807) is 49.4 Å². The molecule has 8 nitrogen and oxygen atoms in total. The summed E-state index contributed by atoms with van der Waals surface area (Å²) in [7, 11) is -2.50. The Morgan fingerprint density at radius 2 is 1.67 bits per heavy atom. The van der Waals surface area contributed by atoms with Gasteiger partial charge in [0.1, 0.15) is 18.3 Å². The number of halogens is 2. The van der Waals surface area contributed by atoms with Gasteiger partial charge in [0.15, 0.2) is 0 Å². The van der Waals surface area contributed by atoms with Crippen molar-refractivity contribution < 1.29 is 22.7 Å². The van der Waals surface area contributed by atoms with E-state index in [0.717, 1.165) is 16.1 Å². The summed E-state index contributed by atoms with van der Waals surface area (Å²) in [5, 5.41) is 3.55. The van der Waals surface area contributed by atoms with Gasteiger partial charge in [0.05, 0.1) is 19.1 Å². The number of methoxy groups -OCH3 is 1. The van der Waals surface area contributed by atoms with Crippen LogP contribution in [-0.2, 0) is 32.6 Å². The second kappa shape index (κ2) is 13.7. The van der Waals surface area contributed by atoms with Gasteiger partial charge in [-0.25, -0.2) is 8.42 Å². The lowest BCUT2D eigenvalue weighted by atomic mass is 10.0. The monoisotopic (exact) mass is 591 g/mol. The number of ether oxygens (including phenoxy) is 1. The summed E-state index contributed by atoms with van der Waals surface area (Å²) in [6.07, 6.45) is 1.22. The third-order valence-electron chi connectivity index (χ3n) is 6.01. The summed E-state index contributed by atoms with van der Waals surface area (Å²) in [6, 6.07) is 19.7. The summed E-state index contributed by atoms with van der Waals surface area (Å²) >= 11 is 12.5. The maximum absolute atomic E-state index is 14.0. The molecule has 0 aliphatic heterocycles. The van der Waals surface area contributed by atoms with Crippen LogP contribution in [0.15, 0.2) is 72.8 Å². The minimum atomic E-state index is -3.92. The van der Waals surface area contributed by atoms with Crippen LogP contribution >= 0.6 is 23.2 Å². The number of likely N-dealkylation sites (N-methyl/N-ethyl adjacent to an activating group) is 1. The zero-order chi connectivity index (χ0) is 28.6. The molecule has 39 heavy (non-hydrogen) atoms. The average molecular weight is 593 g/mol. The number of carbonyl (C=O) groups excluding carboxylic acids is 2. The normalized spacial score (nSPS) is 11.9. The van der Waals surface area contributed by atoms with E-state index in [0.29, 0.717) is 22.2 Å². The lowest BCUT2D eigenvalue weighted by Crippen LogP contribution is -2.53. The van der Waals surface area contributed by atoms with Gasteiger partial charge in [-0.1, -0.05) is 71.7 Å². The maximum Gasteiger partial charge on any atom is 0.244 e. The molecule has 3 aromatic rings. The van der Waals surface area contributed by atoms with E-state index in [4.69, 9.17) is 27.9 Å². The van der Waals surface area contributed by atoms with E-state index in [-0.39, 0.29) is 30.3 Å². The first-order chi connectivity index (χ1) is 18.5. The largest absolute Gasteiger partial charge is 0.495 e. The number of hydrogen-bond donors (Lipinski definition) is 1. The number of anilines is 1. The molecule has 2 amide bonds. The van der Waals surface area contributed by atoms with Crippen LogP contribution in [-0.4, -0.2) is 57.6 Å². The van der Waals surface area contributed by atoms with Crippen molar-refractivity contribution in [3.8, 4) is 5.75 Å². The number of sulfonamides is 1. The molecule has 0 radical (unpaired) electrons. The highest BCUT2D eigenvalue weighted by molar-refractivity contribution is 7.92. The van der Waals surface area contributed by atoms with Crippen LogP contribution in [0.1, 0.15) is 18.1 Å². The Hall–Kier alpha value is -3.27. The first-order valence-corrected chi connectivity index (χ1v) is 14.8. The van der Waals surface area contributed by atoms with Gasteiger partial charge in [-0.15, -0.1) is 0 Å². The van der Waals surface area contributed by atoms with E-state index >= 15 is 0 Å². The van der Waals surface area contributed by atoms with E-state index in [2.05, 4.69) is 5.32 Å². The Balaban J connectivity index is 2.09. The minimum Gasteiger partial charge on any atom is -0.495 e. The number of rotatable bonds is 12. The number of para-hydroxylation sites is 2. The molecule has 0 saturated carbocycles. The van der Waals surface area contributed by atoms with E-state index in [1.165, 1.54) is 12.0 Å². The summed E-state index contributed by atoms with van der Waals surface area (Å²) in [5.74, 6) is -0.680. The summed E-state index contributed by atoms with van der Waals surface area (Å²) < 4.78 is 32.1. The van der Waals surface area contributed by atoms with Gasteiger partial charge in [0.25, 0.3) is 0 Å². The molecule has 0 fully saturated rings. The van der Waals surface area contributed by atoms with Gasteiger partial charge in [-0.2, -0.15) is 0 Å². The molecule has 1 unspecified atom stereocenters. The second-order valence-corrected chi connectivity index (χ2v) is 11.5. The molecule has 3 rings (SSSR count). The van der Waals surface area contributed by atoms with Crippen LogP contribution in [0.5, 0.6) is 5.75 Å².